The lowest BCUT2D eigenvalue weighted by Gasteiger charge is -2.32. The molecule has 2 saturated heterocycles. The second-order valence-corrected chi connectivity index (χ2v) is 12.3. The van der Waals surface area contributed by atoms with E-state index in [1.54, 1.807) is 17.0 Å². The number of thioether (sulfide) groups is 1. The standard InChI is InChI=1S/C28H39FN2O4S/c1-28(2,3)35-27(33)31-12-10-20(11-13-31)19-34-25-9-8-23(18-24(25)29)21-4-6-22(7-5-21)26(32)30-14-16-36-17-15-30/h4,8-9,18,20,22H,5-7,10-17,19H2,1-3H3/p+1. The minimum Gasteiger partial charge on any atom is -0.580 e. The Morgan fingerprint density at radius 2 is 1.81 bits per heavy atom. The fourth-order valence-corrected chi connectivity index (χ4v) is 5.95. The molecule has 1 aromatic carbocycles. The number of aromatic hydroxyl groups is 1. The topological polar surface area (TPSA) is 62.7 Å². The van der Waals surface area contributed by atoms with E-state index < -0.39 is 5.60 Å². The van der Waals surface area contributed by atoms with Gasteiger partial charge in [-0.3, -0.25) is 4.79 Å². The maximum atomic E-state index is 14.9. The highest BCUT2D eigenvalue weighted by Gasteiger charge is 2.29. The Kier molecular flexibility index (Phi) is 8.86. The number of likely N-dealkylation sites (tertiary alicyclic amines) is 1. The largest absolute Gasteiger partial charge is 0.580 e. The molecule has 198 valence electrons. The van der Waals surface area contributed by atoms with E-state index >= 15 is 0 Å². The van der Waals surface area contributed by atoms with Gasteiger partial charge in [-0.05, 0) is 76.1 Å². The average Bonchev–Trinajstić information content (AvgIpc) is 2.87. The first-order valence-corrected chi connectivity index (χ1v) is 14.4. The summed E-state index contributed by atoms with van der Waals surface area (Å²) in [6.07, 6.45) is 5.88. The van der Waals surface area contributed by atoms with Gasteiger partial charge in [0.25, 0.3) is 5.75 Å². The summed E-state index contributed by atoms with van der Waals surface area (Å²) >= 11 is 1.91. The van der Waals surface area contributed by atoms with E-state index in [1.165, 1.54) is 0 Å². The van der Waals surface area contributed by atoms with Gasteiger partial charge >= 0.3 is 6.09 Å². The first kappa shape index (κ1) is 26.8. The molecule has 6 nitrogen and oxygen atoms in total. The Bertz CT molecular complexity index is 963. The number of carbonyl (C=O) groups is 2. The molecule has 36 heavy (non-hydrogen) atoms. The van der Waals surface area contributed by atoms with E-state index in [4.69, 9.17) is 4.74 Å². The second kappa shape index (κ2) is 11.9. The highest BCUT2D eigenvalue weighted by Crippen LogP contribution is 2.34. The van der Waals surface area contributed by atoms with E-state index in [1.807, 2.05) is 43.5 Å². The molecule has 2 heterocycles. The van der Waals surface area contributed by atoms with Crippen molar-refractivity contribution in [3.05, 3.63) is 35.7 Å². The number of hydrogen-bond donors (Lipinski definition) is 0. The van der Waals surface area contributed by atoms with Crippen LogP contribution in [0.4, 0.5) is 9.18 Å². The molecule has 2 amide bonds. The Balaban J connectivity index is 1.24. The van der Waals surface area contributed by atoms with Crippen LogP contribution in [-0.4, -0.2) is 76.4 Å². The van der Waals surface area contributed by atoms with Gasteiger partial charge < -0.3 is 19.3 Å². The van der Waals surface area contributed by atoms with E-state index in [0.29, 0.717) is 31.4 Å². The third kappa shape index (κ3) is 7.17. The summed E-state index contributed by atoms with van der Waals surface area (Å²) in [5.41, 5.74) is 1.51. The number of amides is 2. The van der Waals surface area contributed by atoms with Crippen molar-refractivity contribution in [2.45, 2.75) is 58.5 Å². The summed E-state index contributed by atoms with van der Waals surface area (Å²) < 4.78 is 24.9. The molecule has 3 aliphatic rings. The van der Waals surface area contributed by atoms with Crippen LogP contribution < -0.4 is 0 Å². The lowest BCUT2D eigenvalue weighted by Crippen LogP contribution is -2.42. The fourth-order valence-electron chi connectivity index (χ4n) is 5.05. The minimum absolute atomic E-state index is 0.0534. The first-order valence-electron chi connectivity index (χ1n) is 13.2. The zero-order valence-corrected chi connectivity index (χ0v) is 22.6. The van der Waals surface area contributed by atoms with Crippen LogP contribution in [0.25, 0.3) is 5.57 Å². The molecular formula is C28H40FN2O4S+. The number of hydrogen-bond acceptors (Lipinski definition) is 4. The van der Waals surface area contributed by atoms with Crippen molar-refractivity contribution >= 4 is 29.3 Å². The Morgan fingerprint density at radius 3 is 2.42 bits per heavy atom. The third-order valence-corrected chi connectivity index (χ3v) is 8.13. The normalized spacial score (nSPS) is 21.7. The molecule has 2 fully saturated rings. The summed E-state index contributed by atoms with van der Waals surface area (Å²) in [6, 6.07) is 5.30. The fraction of sp³-hybridized carbons (Fsp3) is 0.643. The van der Waals surface area contributed by atoms with Gasteiger partial charge in [0.2, 0.25) is 11.7 Å². The number of aliphatic hydroxyl groups is 1. The van der Waals surface area contributed by atoms with Crippen LogP contribution in [-0.2, 0) is 9.53 Å². The number of nitrogens with zero attached hydrogens (tertiary/aromatic N) is 2. The molecule has 2 aliphatic heterocycles. The van der Waals surface area contributed by atoms with E-state index in [2.05, 4.69) is 10.8 Å². The van der Waals surface area contributed by atoms with Crippen molar-refractivity contribution in [1.29, 1.82) is 0 Å². The second-order valence-electron chi connectivity index (χ2n) is 11.1. The number of benzene rings is 1. The van der Waals surface area contributed by atoms with Crippen LogP contribution in [0.3, 0.4) is 0 Å². The molecule has 1 atom stereocenters. The van der Waals surface area contributed by atoms with Gasteiger partial charge in [-0.1, -0.05) is 6.08 Å². The van der Waals surface area contributed by atoms with Gasteiger partial charge in [0.1, 0.15) is 5.60 Å². The highest BCUT2D eigenvalue weighted by molar-refractivity contribution is 7.99. The molecule has 0 bridgehead atoms. The Labute approximate surface area is 218 Å². The number of piperidine rings is 1. The van der Waals surface area contributed by atoms with Crippen molar-refractivity contribution in [3.63, 3.8) is 0 Å². The number of carbonyl (C=O) groups excluding carboxylic acids is 2. The summed E-state index contributed by atoms with van der Waals surface area (Å²) in [7, 11) is 0. The minimum atomic E-state index is -0.494. The smallest absolute Gasteiger partial charge is 0.410 e. The maximum absolute atomic E-state index is 14.9. The van der Waals surface area contributed by atoms with Crippen molar-refractivity contribution in [2.24, 2.45) is 11.8 Å². The van der Waals surface area contributed by atoms with Crippen LogP contribution in [0.1, 0.15) is 58.4 Å². The van der Waals surface area contributed by atoms with E-state index in [-0.39, 0.29) is 23.7 Å². The molecule has 8 heteroatoms. The van der Waals surface area contributed by atoms with Crippen LogP contribution in [0.5, 0.6) is 5.75 Å². The molecule has 1 aromatic rings. The maximum Gasteiger partial charge on any atom is 0.410 e. The SMILES string of the molecule is CC(C)(C)OC(=O)N1CCC(C[OH+]c2ccc(C3=CCC(C(=O)N4CCSCC4)CC3)cc2F)CC1. The quantitative estimate of drug-likeness (QED) is 0.484. The van der Waals surface area contributed by atoms with Gasteiger partial charge in [-0.2, -0.15) is 16.2 Å². The summed E-state index contributed by atoms with van der Waals surface area (Å²) in [5.74, 6) is 2.81. The molecule has 0 saturated carbocycles. The van der Waals surface area contributed by atoms with Crippen LogP contribution in [0.2, 0.25) is 0 Å². The summed E-state index contributed by atoms with van der Waals surface area (Å²) in [5, 5.41) is 0. The molecule has 1 unspecified atom stereocenters. The van der Waals surface area contributed by atoms with Crippen molar-refractivity contribution in [3.8, 4) is 5.75 Å². The lowest BCUT2D eigenvalue weighted by molar-refractivity contribution is -0.135. The number of allylic oxidation sites excluding steroid dienone is 2. The monoisotopic (exact) mass is 519 g/mol. The Hall–Kier alpha value is -2.22. The molecule has 0 spiro atoms. The number of rotatable bonds is 5. The molecule has 0 aromatic heterocycles. The highest BCUT2D eigenvalue weighted by atomic mass is 32.2. The van der Waals surface area contributed by atoms with Crippen molar-refractivity contribution < 1.29 is 23.5 Å². The number of halogens is 1. The average molecular weight is 520 g/mol. The number of ether oxygens (including phenoxy) is 2. The predicted octanol–water partition coefficient (Wildman–Crippen LogP) is 5.47. The molecule has 1 N–H and O–H groups in total. The van der Waals surface area contributed by atoms with Crippen LogP contribution in [0, 0.1) is 17.7 Å². The Morgan fingerprint density at radius 1 is 1.08 bits per heavy atom. The van der Waals surface area contributed by atoms with E-state index in [0.717, 1.165) is 67.8 Å². The molecular weight excluding hydrogens is 479 g/mol. The molecule has 0 radical (unpaired) electrons. The van der Waals surface area contributed by atoms with Gasteiger partial charge in [0.05, 0.1) is 0 Å². The van der Waals surface area contributed by atoms with E-state index in [9.17, 15) is 14.0 Å². The zero-order chi connectivity index (χ0) is 25.7. The van der Waals surface area contributed by atoms with Gasteiger partial charge in [-0.15, -0.1) is 0 Å². The first-order chi connectivity index (χ1) is 17.2. The third-order valence-electron chi connectivity index (χ3n) is 7.19. The lowest BCUT2D eigenvalue weighted by atomic mass is 9.85. The van der Waals surface area contributed by atoms with Gasteiger partial charge in [-0.25, -0.2) is 4.79 Å². The van der Waals surface area contributed by atoms with Crippen molar-refractivity contribution in [2.75, 3.05) is 44.3 Å². The molecule has 4 rings (SSSR count). The summed E-state index contributed by atoms with van der Waals surface area (Å²) in [6.45, 7) is 9.17. The van der Waals surface area contributed by atoms with Crippen LogP contribution in [0.15, 0.2) is 24.3 Å². The predicted molar refractivity (Wildman–Crippen MR) is 143 cm³/mol. The zero-order valence-electron chi connectivity index (χ0n) is 21.8. The summed E-state index contributed by atoms with van der Waals surface area (Å²) in [4.78, 5) is 28.8. The van der Waals surface area contributed by atoms with Crippen LogP contribution >= 0.6 is 11.8 Å². The van der Waals surface area contributed by atoms with Gasteiger partial charge in [0, 0.05) is 55.6 Å². The van der Waals surface area contributed by atoms with Gasteiger partial charge in [0.15, 0.2) is 6.61 Å². The molecule has 1 aliphatic carbocycles. The van der Waals surface area contributed by atoms with Crippen molar-refractivity contribution in [1.82, 2.24) is 9.80 Å².